The van der Waals surface area contributed by atoms with Crippen molar-refractivity contribution in [1.29, 1.82) is 0 Å². The molecule has 0 aliphatic carbocycles. The molecule has 10 heteroatoms. The van der Waals surface area contributed by atoms with E-state index >= 15 is 0 Å². The van der Waals surface area contributed by atoms with E-state index in [2.05, 4.69) is 0 Å². The SMILES string of the molecule is CO[C@](C)(C[C@@H](C)C=O)[C@@H](CC1=C(C)C(=O)OC(C)(C)O1)O[C@@H]1O[C@H](C)CC(N(C)C)[C@H]1P=O. The van der Waals surface area contributed by atoms with Gasteiger partial charge in [-0.1, -0.05) is 6.92 Å². The lowest BCUT2D eigenvalue weighted by molar-refractivity contribution is -0.256. The summed E-state index contributed by atoms with van der Waals surface area (Å²) in [6.45, 7) is 10.6. The van der Waals surface area contributed by atoms with E-state index in [1.165, 1.54) is 0 Å². The van der Waals surface area contributed by atoms with Crippen LogP contribution in [0.2, 0.25) is 0 Å². The molecule has 2 heterocycles. The maximum Gasteiger partial charge on any atom is 0.340 e. The molecule has 2 rings (SSSR count). The zero-order valence-corrected chi connectivity index (χ0v) is 22.7. The first kappa shape index (κ1) is 28.9. The standard InChI is InChI=1S/C24H40NO8P/c1-14(13-26)12-24(6,29-9)19(11-18-16(3)21(27)33-23(4,5)32-18)31-22-20(34-28)17(25(7)8)10-15(2)30-22/h13-15,17,19-20,22H,10-12H2,1-9H3/t14-,15-,17?,19-,20-,22+,24-/m1/s1. The lowest BCUT2D eigenvalue weighted by atomic mass is 9.85. The first-order valence-corrected chi connectivity index (χ1v) is 12.6. The van der Waals surface area contributed by atoms with Gasteiger partial charge in [0.1, 0.15) is 17.7 Å². The number of carbonyl (C=O) groups excluding carboxylic acids is 2. The monoisotopic (exact) mass is 501 g/mol. The molecule has 0 aromatic carbocycles. The van der Waals surface area contributed by atoms with Crippen LogP contribution in [-0.4, -0.2) is 79.9 Å². The third-order valence-corrected chi connectivity index (χ3v) is 7.44. The number of ether oxygens (including phenoxy) is 5. The fourth-order valence-electron chi connectivity index (χ4n) is 4.55. The normalized spacial score (nSPS) is 30.9. The molecule has 0 saturated carbocycles. The molecule has 7 atom stereocenters. The van der Waals surface area contributed by atoms with E-state index < -0.39 is 35.4 Å². The Morgan fingerprint density at radius 3 is 2.50 bits per heavy atom. The van der Waals surface area contributed by atoms with Crippen LogP contribution in [0.4, 0.5) is 0 Å². The third kappa shape index (κ3) is 6.85. The summed E-state index contributed by atoms with van der Waals surface area (Å²) in [6, 6.07) is -0.0166. The molecule has 1 unspecified atom stereocenters. The molecule has 2 aliphatic heterocycles. The quantitative estimate of drug-likeness (QED) is 0.238. The second-order valence-corrected chi connectivity index (χ2v) is 11.1. The molecule has 0 amide bonds. The molecule has 9 nitrogen and oxygen atoms in total. The molecule has 0 spiro atoms. The number of esters is 1. The molecule has 194 valence electrons. The Bertz CT molecular complexity index is 785. The Balaban J connectivity index is 2.46. The van der Waals surface area contributed by atoms with E-state index in [0.717, 1.165) is 6.29 Å². The zero-order chi connectivity index (χ0) is 25.8. The third-order valence-electron chi connectivity index (χ3n) is 6.61. The van der Waals surface area contributed by atoms with Crippen LogP contribution in [0.5, 0.6) is 0 Å². The van der Waals surface area contributed by atoms with Crippen molar-refractivity contribution < 1.29 is 37.8 Å². The number of hydrogen-bond acceptors (Lipinski definition) is 9. The maximum atomic E-state index is 12.4. The molecule has 0 aromatic heterocycles. The summed E-state index contributed by atoms with van der Waals surface area (Å²) in [4.78, 5) is 25.9. The number of hydrogen-bond donors (Lipinski definition) is 0. The van der Waals surface area contributed by atoms with E-state index in [1.807, 2.05) is 39.8 Å². The molecular weight excluding hydrogens is 461 g/mol. The van der Waals surface area contributed by atoms with Gasteiger partial charge in [-0.15, -0.1) is 0 Å². The lowest BCUT2D eigenvalue weighted by Crippen LogP contribution is -2.55. The average Bonchev–Trinajstić information content (AvgIpc) is 2.75. The van der Waals surface area contributed by atoms with Gasteiger partial charge < -0.3 is 33.4 Å². The minimum atomic E-state index is -1.13. The van der Waals surface area contributed by atoms with Crippen molar-refractivity contribution in [2.75, 3.05) is 21.2 Å². The van der Waals surface area contributed by atoms with E-state index in [1.54, 1.807) is 27.9 Å². The second kappa shape index (κ2) is 11.6. The molecule has 0 bridgehead atoms. The van der Waals surface area contributed by atoms with Crippen LogP contribution >= 0.6 is 8.46 Å². The molecule has 1 saturated heterocycles. The molecule has 0 N–H and O–H groups in total. The largest absolute Gasteiger partial charge is 0.457 e. The van der Waals surface area contributed by atoms with Gasteiger partial charge in [-0.3, -0.25) is 4.57 Å². The minimum Gasteiger partial charge on any atom is -0.457 e. The van der Waals surface area contributed by atoms with E-state index in [0.29, 0.717) is 24.2 Å². The highest BCUT2D eigenvalue weighted by molar-refractivity contribution is 7.24. The predicted octanol–water partition coefficient (Wildman–Crippen LogP) is 3.70. The Morgan fingerprint density at radius 2 is 1.97 bits per heavy atom. The van der Waals surface area contributed by atoms with Gasteiger partial charge in [0.05, 0.1) is 23.4 Å². The highest BCUT2D eigenvalue weighted by Crippen LogP contribution is 2.39. The molecule has 1 fully saturated rings. The highest BCUT2D eigenvalue weighted by atomic mass is 31.1. The van der Waals surface area contributed by atoms with Crippen molar-refractivity contribution in [3.63, 3.8) is 0 Å². The minimum absolute atomic E-state index is 0.0166. The average molecular weight is 502 g/mol. The van der Waals surface area contributed by atoms with Crippen LogP contribution < -0.4 is 0 Å². The van der Waals surface area contributed by atoms with Gasteiger partial charge in [0.25, 0.3) is 0 Å². The van der Waals surface area contributed by atoms with E-state index in [9.17, 15) is 14.2 Å². The fourth-order valence-corrected chi connectivity index (χ4v) is 5.32. The van der Waals surface area contributed by atoms with Gasteiger partial charge >= 0.3 is 5.97 Å². The number of cyclic esters (lactones) is 1. The smallest absolute Gasteiger partial charge is 0.340 e. The summed E-state index contributed by atoms with van der Waals surface area (Å²) in [6.07, 6.45) is 0.575. The first-order valence-electron chi connectivity index (χ1n) is 11.7. The summed E-state index contributed by atoms with van der Waals surface area (Å²) < 4.78 is 42.1. The van der Waals surface area contributed by atoms with Gasteiger partial charge in [-0.05, 0) is 47.7 Å². The number of methoxy groups -OCH3 is 1. The Kier molecular flexibility index (Phi) is 9.82. The van der Waals surface area contributed by atoms with Crippen molar-refractivity contribution in [2.45, 2.75) is 102 Å². The Morgan fingerprint density at radius 1 is 1.32 bits per heavy atom. The second-order valence-electron chi connectivity index (χ2n) is 10.3. The molecule has 0 aromatic rings. The molecule has 2 aliphatic rings. The predicted molar refractivity (Wildman–Crippen MR) is 127 cm³/mol. The van der Waals surface area contributed by atoms with E-state index in [4.69, 9.17) is 23.7 Å². The first-order chi connectivity index (χ1) is 15.8. The summed E-state index contributed by atoms with van der Waals surface area (Å²) in [7, 11) is 5.36. The summed E-state index contributed by atoms with van der Waals surface area (Å²) in [5, 5.41) is 0. The van der Waals surface area contributed by atoms with Crippen LogP contribution in [0, 0.1) is 5.92 Å². The van der Waals surface area contributed by atoms with Crippen LogP contribution in [-0.2, 0) is 37.8 Å². The summed E-state index contributed by atoms with van der Waals surface area (Å²) in [5.41, 5.74) is -1.01. The summed E-state index contributed by atoms with van der Waals surface area (Å²) >= 11 is 0. The van der Waals surface area contributed by atoms with E-state index in [-0.39, 0.29) is 32.9 Å². The number of nitrogens with zero attached hydrogens (tertiary/aromatic N) is 1. The van der Waals surface area contributed by atoms with Crippen LogP contribution in [0.25, 0.3) is 0 Å². The van der Waals surface area contributed by atoms with Gasteiger partial charge in [-0.25, -0.2) is 4.79 Å². The van der Waals surface area contributed by atoms with Crippen LogP contribution in [0.1, 0.15) is 60.8 Å². The maximum absolute atomic E-state index is 12.4. The Hall–Kier alpha value is -1.38. The van der Waals surface area contributed by atoms with Gasteiger partial charge in [0.2, 0.25) is 5.79 Å². The number of carbonyl (C=O) groups is 2. The van der Waals surface area contributed by atoms with Crippen molar-refractivity contribution in [2.24, 2.45) is 5.92 Å². The van der Waals surface area contributed by atoms with Gasteiger partial charge in [-0.2, -0.15) is 0 Å². The lowest BCUT2D eigenvalue weighted by Gasteiger charge is -2.45. The Labute approximate surface area is 204 Å². The molecule has 0 radical (unpaired) electrons. The van der Waals surface area contributed by atoms with Crippen molar-refractivity contribution in [3.8, 4) is 0 Å². The van der Waals surface area contributed by atoms with Gasteiger partial charge in [0.15, 0.2) is 14.8 Å². The molecule has 34 heavy (non-hydrogen) atoms. The van der Waals surface area contributed by atoms with Gasteiger partial charge in [0, 0.05) is 39.3 Å². The fraction of sp³-hybridized carbons (Fsp3) is 0.833. The van der Waals surface area contributed by atoms with Crippen molar-refractivity contribution in [1.82, 2.24) is 4.90 Å². The highest BCUT2D eigenvalue weighted by Gasteiger charge is 2.46. The number of rotatable bonds is 11. The van der Waals surface area contributed by atoms with Crippen LogP contribution in [0.15, 0.2) is 11.3 Å². The van der Waals surface area contributed by atoms with Crippen molar-refractivity contribution in [3.05, 3.63) is 11.3 Å². The van der Waals surface area contributed by atoms with Crippen molar-refractivity contribution >= 4 is 20.7 Å². The number of aldehydes is 1. The summed E-state index contributed by atoms with van der Waals surface area (Å²) in [5.74, 6) is -1.46. The van der Waals surface area contributed by atoms with Crippen LogP contribution in [0.3, 0.4) is 0 Å². The topological polar surface area (TPSA) is 101 Å². The zero-order valence-electron chi connectivity index (χ0n) is 21.8. The molecular formula is C24H40NO8P.